The largest absolute Gasteiger partial charge is 0.325 e. The van der Waals surface area contributed by atoms with E-state index in [0.717, 1.165) is 30.2 Å². The molecule has 2 fully saturated rings. The minimum atomic E-state index is -0.173. The van der Waals surface area contributed by atoms with E-state index in [-0.39, 0.29) is 11.4 Å². The maximum atomic E-state index is 13.7. The molecule has 0 saturated heterocycles. The Morgan fingerprint density at radius 1 is 1.17 bits per heavy atom. The topological polar surface area (TPSA) is 26.0 Å². The molecule has 18 heavy (non-hydrogen) atoms. The van der Waals surface area contributed by atoms with Gasteiger partial charge in [-0.1, -0.05) is 31.0 Å². The number of rotatable bonds is 3. The van der Waals surface area contributed by atoms with Crippen LogP contribution in [0.3, 0.4) is 0 Å². The van der Waals surface area contributed by atoms with Gasteiger partial charge in [-0.3, -0.25) is 0 Å². The summed E-state index contributed by atoms with van der Waals surface area (Å²) in [5.74, 6) is 1.63. The maximum absolute atomic E-state index is 13.7. The number of halogens is 1. The Hall–Kier alpha value is -0.890. The second-order valence-electron chi connectivity index (χ2n) is 6.32. The standard InChI is InChI=1S/C16H22FN/c17-15-6-2-1-4-14(15)11-16(18)9-3-5-13(10-16)12-7-8-12/h1-2,4,6,12-13H,3,5,7-11,18H2. The predicted molar refractivity (Wildman–Crippen MR) is 71.7 cm³/mol. The van der Waals surface area contributed by atoms with Gasteiger partial charge in [0, 0.05) is 5.54 Å². The van der Waals surface area contributed by atoms with Crippen molar-refractivity contribution in [2.75, 3.05) is 0 Å². The maximum Gasteiger partial charge on any atom is 0.126 e. The summed E-state index contributed by atoms with van der Waals surface area (Å²) in [7, 11) is 0. The Morgan fingerprint density at radius 2 is 1.94 bits per heavy atom. The second-order valence-corrected chi connectivity index (χ2v) is 6.32. The zero-order valence-corrected chi connectivity index (χ0v) is 10.9. The van der Waals surface area contributed by atoms with E-state index < -0.39 is 0 Å². The minimum Gasteiger partial charge on any atom is -0.325 e. The van der Waals surface area contributed by atoms with Crippen LogP contribution in [0.25, 0.3) is 0 Å². The van der Waals surface area contributed by atoms with E-state index in [2.05, 4.69) is 0 Å². The highest BCUT2D eigenvalue weighted by Gasteiger charge is 2.40. The Bertz CT molecular complexity index is 427. The fourth-order valence-electron chi connectivity index (χ4n) is 3.59. The molecule has 98 valence electrons. The fourth-order valence-corrected chi connectivity index (χ4v) is 3.59. The first-order chi connectivity index (χ1) is 8.66. The second kappa shape index (κ2) is 4.65. The molecule has 1 nitrogen and oxygen atoms in total. The number of hydrogen-bond acceptors (Lipinski definition) is 1. The molecule has 2 saturated carbocycles. The van der Waals surface area contributed by atoms with Gasteiger partial charge in [-0.05, 0) is 55.6 Å². The van der Waals surface area contributed by atoms with Crippen LogP contribution in [0.2, 0.25) is 0 Å². The SMILES string of the molecule is NC1(Cc2ccccc2F)CCCC(C2CC2)C1. The third-order valence-electron chi connectivity index (χ3n) is 4.71. The van der Waals surface area contributed by atoms with Gasteiger partial charge < -0.3 is 5.73 Å². The summed E-state index contributed by atoms with van der Waals surface area (Å²) in [6, 6.07) is 7.07. The molecule has 0 amide bonds. The quantitative estimate of drug-likeness (QED) is 0.866. The lowest BCUT2D eigenvalue weighted by Crippen LogP contribution is -2.46. The molecule has 2 atom stereocenters. The van der Waals surface area contributed by atoms with Crippen LogP contribution < -0.4 is 5.73 Å². The minimum absolute atomic E-state index is 0.101. The molecular weight excluding hydrogens is 225 g/mol. The summed E-state index contributed by atoms with van der Waals surface area (Å²) in [6.07, 6.45) is 8.16. The monoisotopic (exact) mass is 247 g/mol. The van der Waals surface area contributed by atoms with E-state index in [4.69, 9.17) is 5.73 Å². The molecule has 1 aromatic carbocycles. The Kier molecular flexibility index (Phi) is 3.14. The zero-order valence-electron chi connectivity index (χ0n) is 10.9. The van der Waals surface area contributed by atoms with Crippen LogP contribution in [-0.2, 0) is 6.42 Å². The van der Waals surface area contributed by atoms with Gasteiger partial charge in [0.2, 0.25) is 0 Å². The summed E-state index contributed by atoms with van der Waals surface area (Å²) < 4.78 is 13.7. The summed E-state index contributed by atoms with van der Waals surface area (Å²) in [6.45, 7) is 0. The molecule has 0 aliphatic heterocycles. The number of hydrogen-bond donors (Lipinski definition) is 1. The van der Waals surface area contributed by atoms with Crippen molar-refractivity contribution >= 4 is 0 Å². The van der Waals surface area contributed by atoms with Crippen LogP contribution in [0.15, 0.2) is 24.3 Å². The Morgan fingerprint density at radius 3 is 2.67 bits per heavy atom. The molecule has 0 bridgehead atoms. The van der Waals surface area contributed by atoms with Crippen molar-refractivity contribution in [1.29, 1.82) is 0 Å². The van der Waals surface area contributed by atoms with Crippen molar-refractivity contribution in [3.8, 4) is 0 Å². The van der Waals surface area contributed by atoms with E-state index in [0.29, 0.717) is 6.42 Å². The molecule has 3 rings (SSSR count). The van der Waals surface area contributed by atoms with Crippen LogP contribution >= 0.6 is 0 Å². The van der Waals surface area contributed by atoms with Crippen molar-refractivity contribution in [2.24, 2.45) is 17.6 Å². The molecule has 0 spiro atoms. The summed E-state index contributed by atoms with van der Waals surface area (Å²) in [5.41, 5.74) is 7.16. The lowest BCUT2D eigenvalue weighted by Gasteiger charge is -2.38. The van der Waals surface area contributed by atoms with Crippen LogP contribution in [0, 0.1) is 17.7 Å². The van der Waals surface area contributed by atoms with Gasteiger partial charge in [-0.15, -0.1) is 0 Å². The normalized spacial score (nSPS) is 32.4. The highest BCUT2D eigenvalue weighted by atomic mass is 19.1. The molecule has 2 aliphatic rings. The van der Waals surface area contributed by atoms with Gasteiger partial charge >= 0.3 is 0 Å². The summed E-state index contributed by atoms with van der Waals surface area (Å²) >= 11 is 0. The summed E-state index contributed by atoms with van der Waals surface area (Å²) in [4.78, 5) is 0. The predicted octanol–water partition coefficient (Wildman–Crippen LogP) is 3.67. The molecule has 2 heteroatoms. The lowest BCUT2D eigenvalue weighted by molar-refractivity contribution is 0.203. The molecule has 0 heterocycles. The number of nitrogens with two attached hydrogens (primary N) is 1. The van der Waals surface area contributed by atoms with E-state index in [1.807, 2.05) is 12.1 Å². The molecule has 0 radical (unpaired) electrons. The van der Waals surface area contributed by atoms with Gasteiger partial charge in [0.15, 0.2) is 0 Å². The zero-order chi connectivity index (χ0) is 12.6. The summed E-state index contributed by atoms with van der Waals surface area (Å²) in [5, 5.41) is 0. The average molecular weight is 247 g/mol. The fraction of sp³-hybridized carbons (Fsp3) is 0.625. The molecule has 2 aliphatic carbocycles. The van der Waals surface area contributed by atoms with Gasteiger partial charge in [-0.2, -0.15) is 0 Å². The van der Waals surface area contributed by atoms with Gasteiger partial charge in [0.1, 0.15) is 5.82 Å². The van der Waals surface area contributed by atoms with Crippen LogP contribution in [-0.4, -0.2) is 5.54 Å². The van der Waals surface area contributed by atoms with E-state index in [1.165, 1.54) is 25.7 Å². The van der Waals surface area contributed by atoms with Crippen molar-refractivity contribution in [3.63, 3.8) is 0 Å². The average Bonchev–Trinajstić information content (AvgIpc) is 3.16. The van der Waals surface area contributed by atoms with Gasteiger partial charge in [-0.25, -0.2) is 4.39 Å². The van der Waals surface area contributed by atoms with Crippen LogP contribution in [0.1, 0.15) is 44.1 Å². The van der Waals surface area contributed by atoms with Crippen molar-refractivity contribution < 1.29 is 4.39 Å². The van der Waals surface area contributed by atoms with E-state index in [9.17, 15) is 4.39 Å². The van der Waals surface area contributed by atoms with Gasteiger partial charge in [0.05, 0.1) is 0 Å². The molecule has 2 unspecified atom stereocenters. The molecule has 0 aromatic heterocycles. The lowest BCUT2D eigenvalue weighted by atomic mass is 9.72. The third kappa shape index (κ3) is 2.59. The van der Waals surface area contributed by atoms with E-state index >= 15 is 0 Å². The highest BCUT2D eigenvalue weighted by molar-refractivity contribution is 5.20. The van der Waals surface area contributed by atoms with E-state index in [1.54, 1.807) is 12.1 Å². The smallest absolute Gasteiger partial charge is 0.126 e. The van der Waals surface area contributed by atoms with Crippen LogP contribution in [0.4, 0.5) is 4.39 Å². The Balaban J connectivity index is 1.72. The molecule has 1 aromatic rings. The van der Waals surface area contributed by atoms with Gasteiger partial charge in [0.25, 0.3) is 0 Å². The van der Waals surface area contributed by atoms with Crippen molar-refractivity contribution in [1.82, 2.24) is 0 Å². The number of benzene rings is 1. The molecular formula is C16H22FN. The first-order valence-electron chi connectivity index (χ1n) is 7.19. The first-order valence-corrected chi connectivity index (χ1v) is 7.19. The van der Waals surface area contributed by atoms with Crippen LogP contribution in [0.5, 0.6) is 0 Å². The highest BCUT2D eigenvalue weighted by Crippen LogP contribution is 2.46. The van der Waals surface area contributed by atoms with Crippen molar-refractivity contribution in [3.05, 3.63) is 35.6 Å². The Labute approximate surface area is 109 Å². The molecule has 2 N–H and O–H groups in total. The van der Waals surface area contributed by atoms with Crippen molar-refractivity contribution in [2.45, 2.75) is 50.5 Å². The first kappa shape index (κ1) is 12.2. The third-order valence-corrected chi connectivity index (χ3v) is 4.71.